The molecule has 2 rings (SSSR count). The van der Waals surface area contributed by atoms with Crippen LogP contribution >= 0.6 is 0 Å². The minimum Gasteiger partial charge on any atom is -0.322 e. The molecule has 1 aliphatic rings. The summed E-state index contributed by atoms with van der Waals surface area (Å²) in [7, 11) is 0. The molecule has 0 aliphatic carbocycles. The quantitative estimate of drug-likeness (QED) is 0.675. The number of benzene rings is 1. The molecule has 4 heteroatoms. The van der Waals surface area contributed by atoms with E-state index in [1.807, 2.05) is 37.3 Å². The molecule has 1 aromatic carbocycles. The van der Waals surface area contributed by atoms with Gasteiger partial charge in [-0.25, -0.2) is 0 Å². The predicted octanol–water partition coefficient (Wildman–Crippen LogP) is 2.88. The van der Waals surface area contributed by atoms with Crippen LogP contribution in [0.3, 0.4) is 0 Å². The van der Waals surface area contributed by atoms with Gasteiger partial charge in [0.15, 0.2) is 0 Å². The van der Waals surface area contributed by atoms with Crippen molar-refractivity contribution in [3.63, 3.8) is 0 Å². The SMILES string of the molecule is C/C=C/C=C/C(=O)Nc1cccc(N2CCCC2=O)c1. The van der Waals surface area contributed by atoms with E-state index in [1.54, 1.807) is 17.1 Å². The van der Waals surface area contributed by atoms with Crippen LogP contribution in [-0.2, 0) is 9.59 Å². The lowest BCUT2D eigenvalue weighted by atomic mass is 10.2. The first-order chi connectivity index (χ1) is 9.70. The van der Waals surface area contributed by atoms with Crippen LogP contribution in [0.1, 0.15) is 19.8 Å². The van der Waals surface area contributed by atoms with E-state index in [9.17, 15) is 9.59 Å². The summed E-state index contributed by atoms with van der Waals surface area (Å²) in [6.45, 7) is 2.64. The molecule has 1 aliphatic heterocycles. The molecule has 0 bridgehead atoms. The molecular formula is C16H18N2O2. The van der Waals surface area contributed by atoms with Crippen molar-refractivity contribution in [2.24, 2.45) is 0 Å². The summed E-state index contributed by atoms with van der Waals surface area (Å²) < 4.78 is 0. The highest BCUT2D eigenvalue weighted by atomic mass is 16.2. The van der Waals surface area contributed by atoms with Gasteiger partial charge in [-0.05, 0) is 31.5 Å². The Bertz CT molecular complexity index is 561. The summed E-state index contributed by atoms with van der Waals surface area (Å²) >= 11 is 0. The summed E-state index contributed by atoms with van der Waals surface area (Å²) in [4.78, 5) is 25.1. The molecule has 1 N–H and O–H groups in total. The highest BCUT2D eigenvalue weighted by Crippen LogP contribution is 2.24. The van der Waals surface area contributed by atoms with Gasteiger partial charge >= 0.3 is 0 Å². The van der Waals surface area contributed by atoms with Crippen molar-refractivity contribution in [2.75, 3.05) is 16.8 Å². The van der Waals surface area contributed by atoms with Gasteiger partial charge in [0.2, 0.25) is 11.8 Å². The fourth-order valence-electron chi connectivity index (χ4n) is 2.11. The Hall–Kier alpha value is -2.36. The van der Waals surface area contributed by atoms with E-state index >= 15 is 0 Å². The van der Waals surface area contributed by atoms with E-state index in [1.165, 1.54) is 6.08 Å². The smallest absolute Gasteiger partial charge is 0.248 e. The summed E-state index contributed by atoms with van der Waals surface area (Å²) in [5.41, 5.74) is 1.53. The summed E-state index contributed by atoms with van der Waals surface area (Å²) in [5, 5.41) is 2.78. The van der Waals surface area contributed by atoms with E-state index in [0.29, 0.717) is 12.1 Å². The summed E-state index contributed by atoms with van der Waals surface area (Å²) in [6.07, 6.45) is 8.28. The topological polar surface area (TPSA) is 49.4 Å². The molecule has 0 radical (unpaired) electrons. The van der Waals surface area contributed by atoms with Gasteiger partial charge in [0.1, 0.15) is 0 Å². The lowest BCUT2D eigenvalue weighted by Crippen LogP contribution is -2.23. The maximum absolute atomic E-state index is 11.7. The van der Waals surface area contributed by atoms with E-state index < -0.39 is 0 Å². The Morgan fingerprint density at radius 3 is 2.90 bits per heavy atom. The van der Waals surface area contributed by atoms with Gasteiger partial charge in [-0.3, -0.25) is 9.59 Å². The number of hydrogen-bond donors (Lipinski definition) is 1. The zero-order chi connectivity index (χ0) is 14.4. The van der Waals surface area contributed by atoms with Crippen LogP contribution in [0.4, 0.5) is 11.4 Å². The highest BCUT2D eigenvalue weighted by Gasteiger charge is 2.21. The zero-order valence-corrected chi connectivity index (χ0v) is 11.5. The molecule has 0 unspecified atom stereocenters. The van der Waals surface area contributed by atoms with Crippen LogP contribution in [0.2, 0.25) is 0 Å². The molecule has 4 nitrogen and oxygen atoms in total. The average Bonchev–Trinajstić information content (AvgIpc) is 2.85. The summed E-state index contributed by atoms with van der Waals surface area (Å²) in [6, 6.07) is 7.36. The molecule has 1 saturated heterocycles. The Labute approximate surface area is 118 Å². The molecule has 0 saturated carbocycles. The Kier molecular flexibility index (Phi) is 4.71. The van der Waals surface area contributed by atoms with Gasteiger partial charge < -0.3 is 10.2 Å². The van der Waals surface area contributed by atoms with E-state index in [0.717, 1.165) is 18.7 Å². The predicted molar refractivity (Wildman–Crippen MR) is 80.6 cm³/mol. The fraction of sp³-hybridized carbons (Fsp3) is 0.250. The zero-order valence-electron chi connectivity index (χ0n) is 11.5. The van der Waals surface area contributed by atoms with Crippen molar-refractivity contribution in [1.82, 2.24) is 0 Å². The molecule has 20 heavy (non-hydrogen) atoms. The normalized spacial score (nSPS) is 15.4. The Balaban J connectivity index is 2.06. The molecule has 2 amide bonds. The lowest BCUT2D eigenvalue weighted by Gasteiger charge is -2.16. The monoisotopic (exact) mass is 270 g/mol. The number of carbonyl (C=O) groups excluding carboxylic acids is 2. The van der Waals surface area contributed by atoms with Crippen LogP contribution in [0.15, 0.2) is 48.6 Å². The first kappa shape index (κ1) is 14.1. The van der Waals surface area contributed by atoms with Gasteiger partial charge in [-0.15, -0.1) is 0 Å². The van der Waals surface area contributed by atoms with E-state index in [-0.39, 0.29) is 11.8 Å². The van der Waals surface area contributed by atoms with E-state index in [4.69, 9.17) is 0 Å². The third-order valence-corrected chi connectivity index (χ3v) is 3.05. The molecule has 0 aromatic heterocycles. The molecule has 0 atom stereocenters. The molecule has 1 aromatic rings. The molecule has 104 valence electrons. The Morgan fingerprint density at radius 1 is 1.35 bits per heavy atom. The van der Waals surface area contributed by atoms with Crippen molar-refractivity contribution in [3.8, 4) is 0 Å². The Morgan fingerprint density at radius 2 is 2.20 bits per heavy atom. The molecular weight excluding hydrogens is 252 g/mol. The van der Waals surface area contributed by atoms with Crippen LogP contribution < -0.4 is 10.2 Å². The lowest BCUT2D eigenvalue weighted by molar-refractivity contribution is -0.117. The van der Waals surface area contributed by atoms with Gasteiger partial charge in [0.05, 0.1) is 0 Å². The van der Waals surface area contributed by atoms with Crippen molar-refractivity contribution in [1.29, 1.82) is 0 Å². The number of allylic oxidation sites excluding steroid dienone is 3. The first-order valence-electron chi connectivity index (χ1n) is 6.71. The minimum atomic E-state index is -0.187. The summed E-state index contributed by atoms with van der Waals surface area (Å²) in [5.74, 6) is -0.0468. The average molecular weight is 270 g/mol. The van der Waals surface area contributed by atoms with Gasteiger partial charge in [-0.2, -0.15) is 0 Å². The van der Waals surface area contributed by atoms with Crippen molar-refractivity contribution in [3.05, 3.63) is 48.6 Å². The standard InChI is InChI=1S/C16H18N2O2/c1-2-3-4-9-15(19)17-13-7-5-8-14(12-13)18-11-6-10-16(18)20/h2-5,7-9,12H,6,10-11H2,1H3,(H,17,19)/b3-2+,9-4+. The van der Waals surface area contributed by atoms with Crippen molar-refractivity contribution < 1.29 is 9.59 Å². The number of nitrogens with zero attached hydrogens (tertiary/aromatic N) is 1. The van der Waals surface area contributed by atoms with Gasteiger partial charge in [0.25, 0.3) is 0 Å². The van der Waals surface area contributed by atoms with Crippen LogP contribution in [0, 0.1) is 0 Å². The number of anilines is 2. The maximum atomic E-state index is 11.7. The fourth-order valence-corrected chi connectivity index (χ4v) is 2.11. The van der Waals surface area contributed by atoms with E-state index in [2.05, 4.69) is 5.32 Å². The number of nitrogens with one attached hydrogen (secondary N) is 1. The van der Waals surface area contributed by atoms with Gasteiger partial charge in [0, 0.05) is 30.4 Å². The third-order valence-electron chi connectivity index (χ3n) is 3.05. The number of amides is 2. The largest absolute Gasteiger partial charge is 0.322 e. The second kappa shape index (κ2) is 6.70. The highest BCUT2D eigenvalue weighted by molar-refractivity contribution is 6.00. The van der Waals surface area contributed by atoms with Crippen LogP contribution in [-0.4, -0.2) is 18.4 Å². The van der Waals surface area contributed by atoms with Gasteiger partial charge in [-0.1, -0.05) is 24.3 Å². The van der Waals surface area contributed by atoms with Crippen molar-refractivity contribution >= 4 is 23.2 Å². The van der Waals surface area contributed by atoms with Crippen molar-refractivity contribution in [2.45, 2.75) is 19.8 Å². The maximum Gasteiger partial charge on any atom is 0.248 e. The molecule has 1 heterocycles. The molecule has 1 fully saturated rings. The number of carbonyl (C=O) groups is 2. The minimum absolute atomic E-state index is 0.140. The second-order valence-electron chi connectivity index (χ2n) is 4.57. The first-order valence-corrected chi connectivity index (χ1v) is 6.71. The number of rotatable bonds is 4. The number of hydrogen-bond acceptors (Lipinski definition) is 2. The van der Waals surface area contributed by atoms with Crippen LogP contribution in [0.25, 0.3) is 0 Å². The van der Waals surface area contributed by atoms with Crippen LogP contribution in [0.5, 0.6) is 0 Å². The third kappa shape index (κ3) is 3.57. The molecule has 0 spiro atoms. The second-order valence-corrected chi connectivity index (χ2v) is 4.57.